The number of hydrogen-bond donors (Lipinski definition) is 2. The highest BCUT2D eigenvalue weighted by atomic mass is 16.4. The summed E-state index contributed by atoms with van der Waals surface area (Å²) in [5, 5.41) is 11.8. The van der Waals surface area contributed by atoms with Crippen molar-refractivity contribution in [1.82, 2.24) is 5.32 Å². The summed E-state index contributed by atoms with van der Waals surface area (Å²) in [7, 11) is 0. The van der Waals surface area contributed by atoms with E-state index in [0.717, 1.165) is 24.3 Å². The zero-order chi connectivity index (χ0) is 10.7. The highest BCUT2D eigenvalue weighted by Gasteiger charge is 2.31. The van der Waals surface area contributed by atoms with Gasteiger partial charge < -0.3 is 10.4 Å². The third-order valence-electron chi connectivity index (χ3n) is 3.63. The van der Waals surface area contributed by atoms with Gasteiger partial charge in [0, 0.05) is 6.54 Å². The van der Waals surface area contributed by atoms with Gasteiger partial charge in [-0.2, -0.15) is 0 Å². The molecule has 3 unspecified atom stereocenters. The van der Waals surface area contributed by atoms with Crippen LogP contribution in [0.4, 0.5) is 0 Å². The van der Waals surface area contributed by atoms with Crippen LogP contribution in [0.15, 0.2) is 12.2 Å². The quantitative estimate of drug-likeness (QED) is 0.534. The van der Waals surface area contributed by atoms with Crippen molar-refractivity contribution in [1.29, 1.82) is 0 Å². The minimum atomic E-state index is -0.715. The van der Waals surface area contributed by atoms with Crippen molar-refractivity contribution in [3.63, 3.8) is 0 Å². The first-order valence-corrected chi connectivity index (χ1v) is 5.86. The molecule has 3 heteroatoms. The minimum absolute atomic E-state index is 0.233. The number of carboxylic acids is 1. The van der Waals surface area contributed by atoms with Crippen LogP contribution >= 0.6 is 0 Å². The molecular formula is C12H19NO2. The van der Waals surface area contributed by atoms with Crippen LogP contribution in [0.3, 0.4) is 0 Å². The molecule has 0 aliphatic heterocycles. The molecule has 15 heavy (non-hydrogen) atoms. The summed E-state index contributed by atoms with van der Waals surface area (Å²) in [6.07, 6.45) is 8.93. The molecule has 0 aromatic heterocycles. The van der Waals surface area contributed by atoms with Crippen LogP contribution in [0.2, 0.25) is 0 Å². The standard InChI is InChI=1S/C12H19NO2/c14-12(15)5-6-13-8-11-7-9-1-3-10(11)4-2-9/h1,3,9-11,13H,2,4-8H2,(H,14,15). The van der Waals surface area contributed by atoms with E-state index < -0.39 is 5.97 Å². The lowest BCUT2D eigenvalue weighted by Crippen LogP contribution is -2.35. The van der Waals surface area contributed by atoms with Gasteiger partial charge in [0.05, 0.1) is 6.42 Å². The predicted octanol–water partition coefficient (Wildman–Crippen LogP) is 1.65. The SMILES string of the molecule is O=C(O)CCNCC1CC2C=CC1CC2. The van der Waals surface area contributed by atoms with Crippen LogP contribution in [0.25, 0.3) is 0 Å². The molecule has 3 aliphatic carbocycles. The highest BCUT2D eigenvalue weighted by Crippen LogP contribution is 2.39. The molecule has 0 amide bonds. The maximum absolute atomic E-state index is 10.3. The van der Waals surface area contributed by atoms with Crippen LogP contribution in [0, 0.1) is 17.8 Å². The van der Waals surface area contributed by atoms with Gasteiger partial charge in [0.15, 0.2) is 0 Å². The van der Waals surface area contributed by atoms with Gasteiger partial charge in [-0.25, -0.2) is 0 Å². The van der Waals surface area contributed by atoms with Gasteiger partial charge in [-0.1, -0.05) is 12.2 Å². The van der Waals surface area contributed by atoms with Crippen molar-refractivity contribution in [2.75, 3.05) is 13.1 Å². The molecule has 0 aromatic rings. The third-order valence-corrected chi connectivity index (χ3v) is 3.63. The van der Waals surface area contributed by atoms with Gasteiger partial charge in [-0.05, 0) is 43.6 Å². The van der Waals surface area contributed by atoms with Crippen LogP contribution in [-0.2, 0) is 4.79 Å². The van der Waals surface area contributed by atoms with Gasteiger partial charge in [0.1, 0.15) is 0 Å². The molecule has 84 valence electrons. The summed E-state index contributed by atoms with van der Waals surface area (Å²) < 4.78 is 0. The Labute approximate surface area is 90.6 Å². The number of allylic oxidation sites excluding steroid dienone is 2. The Morgan fingerprint density at radius 2 is 2.27 bits per heavy atom. The first-order chi connectivity index (χ1) is 7.25. The van der Waals surface area contributed by atoms with E-state index >= 15 is 0 Å². The van der Waals surface area contributed by atoms with Crippen molar-refractivity contribution in [2.24, 2.45) is 17.8 Å². The maximum atomic E-state index is 10.3. The van der Waals surface area contributed by atoms with Crippen LogP contribution < -0.4 is 5.32 Å². The largest absolute Gasteiger partial charge is 0.481 e. The number of fused-ring (bicyclic) bond motifs is 2. The molecule has 3 nitrogen and oxygen atoms in total. The van der Waals surface area contributed by atoms with E-state index in [1.54, 1.807) is 0 Å². The van der Waals surface area contributed by atoms with Crippen molar-refractivity contribution < 1.29 is 9.90 Å². The minimum Gasteiger partial charge on any atom is -0.481 e. The molecule has 0 saturated heterocycles. The lowest BCUT2D eigenvalue weighted by Gasteiger charge is -2.38. The van der Waals surface area contributed by atoms with Crippen molar-refractivity contribution in [3.8, 4) is 0 Å². The lowest BCUT2D eigenvalue weighted by molar-refractivity contribution is -0.136. The van der Waals surface area contributed by atoms with Crippen molar-refractivity contribution in [2.45, 2.75) is 25.7 Å². The summed E-state index contributed by atoms with van der Waals surface area (Å²) >= 11 is 0. The lowest BCUT2D eigenvalue weighted by atomic mass is 9.69. The summed E-state index contributed by atoms with van der Waals surface area (Å²) in [4.78, 5) is 10.3. The smallest absolute Gasteiger partial charge is 0.304 e. The van der Waals surface area contributed by atoms with E-state index in [9.17, 15) is 4.79 Å². The molecule has 0 spiro atoms. The fourth-order valence-electron chi connectivity index (χ4n) is 2.77. The van der Waals surface area contributed by atoms with Gasteiger partial charge in [-0.15, -0.1) is 0 Å². The fourth-order valence-corrected chi connectivity index (χ4v) is 2.77. The Hall–Kier alpha value is -0.830. The van der Waals surface area contributed by atoms with Crippen LogP contribution in [0.1, 0.15) is 25.7 Å². The van der Waals surface area contributed by atoms with Gasteiger partial charge in [-0.3, -0.25) is 4.79 Å². The Morgan fingerprint density at radius 1 is 1.40 bits per heavy atom. The normalized spacial score (nSPS) is 33.2. The molecule has 3 atom stereocenters. The fraction of sp³-hybridized carbons (Fsp3) is 0.750. The Morgan fingerprint density at radius 3 is 2.80 bits per heavy atom. The van der Waals surface area contributed by atoms with Crippen molar-refractivity contribution >= 4 is 5.97 Å². The number of rotatable bonds is 5. The van der Waals surface area contributed by atoms with Gasteiger partial charge in [0.25, 0.3) is 0 Å². The Bertz CT molecular complexity index is 262. The van der Waals surface area contributed by atoms with E-state index in [-0.39, 0.29) is 6.42 Å². The zero-order valence-corrected chi connectivity index (χ0v) is 8.98. The van der Waals surface area contributed by atoms with Crippen LogP contribution in [0.5, 0.6) is 0 Å². The molecule has 0 aromatic carbocycles. The molecule has 0 radical (unpaired) electrons. The second kappa shape index (κ2) is 4.79. The topological polar surface area (TPSA) is 49.3 Å². The molecule has 1 saturated carbocycles. The predicted molar refractivity (Wildman–Crippen MR) is 58.6 cm³/mol. The van der Waals surface area contributed by atoms with Gasteiger partial charge >= 0.3 is 5.97 Å². The van der Waals surface area contributed by atoms with Crippen LogP contribution in [-0.4, -0.2) is 24.2 Å². The monoisotopic (exact) mass is 209 g/mol. The molecule has 3 aliphatic rings. The Balaban J connectivity index is 1.68. The summed E-state index contributed by atoms with van der Waals surface area (Å²) in [6.45, 7) is 1.59. The average Bonchev–Trinajstić information content (AvgIpc) is 2.26. The summed E-state index contributed by atoms with van der Waals surface area (Å²) in [5.41, 5.74) is 0. The number of carbonyl (C=O) groups is 1. The molecular weight excluding hydrogens is 190 g/mol. The van der Waals surface area contributed by atoms with E-state index in [1.165, 1.54) is 19.3 Å². The molecule has 3 rings (SSSR count). The first-order valence-electron chi connectivity index (χ1n) is 5.86. The molecule has 0 heterocycles. The van der Waals surface area contributed by atoms with E-state index in [1.807, 2.05) is 0 Å². The highest BCUT2D eigenvalue weighted by molar-refractivity contribution is 5.66. The Kier molecular flexibility index (Phi) is 3.41. The van der Waals surface area contributed by atoms with E-state index in [2.05, 4.69) is 17.5 Å². The van der Waals surface area contributed by atoms with Gasteiger partial charge in [0.2, 0.25) is 0 Å². The summed E-state index contributed by atoms with van der Waals surface area (Å²) in [5.74, 6) is 1.56. The molecule has 2 bridgehead atoms. The third kappa shape index (κ3) is 2.81. The average molecular weight is 209 g/mol. The van der Waals surface area contributed by atoms with E-state index in [4.69, 9.17) is 5.11 Å². The number of aliphatic carboxylic acids is 1. The molecule has 1 fully saturated rings. The number of nitrogens with one attached hydrogen (secondary N) is 1. The van der Waals surface area contributed by atoms with Crippen molar-refractivity contribution in [3.05, 3.63) is 12.2 Å². The zero-order valence-electron chi connectivity index (χ0n) is 8.98. The maximum Gasteiger partial charge on any atom is 0.304 e. The number of hydrogen-bond acceptors (Lipinski definition) is 2. The summed E-state index contributed by atoms with van der Waals surface area (Å²) in [6, 6.07) is 0. The van der Waals surface area contributed by atoms with E-state index in [0.29, 0.717) is 6.54 Å². The first kappa shape index (κ1) is 10.7. The number of carboxylic acid groups (broad SMARTS) is 1. The second-order valence-electron chi connectivity index (χ2n) is 4.73. The second-order valence-corrected chi connectivity index (χ2v) is 4.73. The molecule has 2 N–H and O–H groups in total.